The van der Waals surface area contributed by atoms with Crippen molar-refractivity contribution in [3.63, 3.8) is 0 Å². The summed E-state index contributed by atoms with van der Waals surface area (Å²) in [7, 11) is 0. The van der Waals surface area contributed by atoms with E-state index in [0.29, 0.717) is 23.3 Å². The van der Waals surface area contributed by atoms with Gasteiger partial charge in [-0.3, -0.25) is 19.3 Å². The summed E-state index contributed by atoms with van der Waals surface area (Å²) in [5, 5.41) is 30.9. The number of carbonyl (C=O) groups is 4. The van der Waals surface area contributed by atoms with Gasteiger partial charge in [0.05, 0.1) is 12.1 Å². The summed E-state index contributed by atoms with van der Waals surface area (Å²) in [6.07, 6.45) is 1.83. The molecule has 1 aliphatic carbocycles. The second kappa shape index (κ2) is 9.68. The molecular weight excluding hydrogens is 394 g/mol. The lowest BCUT2D eigenvalue weighted by molar-refractivity contribution is -0.163. The lowest BCUT2D eigenvalue weighted by Gasteiger charge is -2.35. The molecule has 2 rings (SSSR count). The third-order valence-electron chi connectivity index (χ3n) is 5.20. The number of nitrogens with one attached hydrogen (secondary N) is 1. The lowest BCUT2D eigenvalue weighted by Crippen LogP contribution is -2.64. The predicted octanol–water partition coefficient (Wildman–Crippen LogP) is -0.488. The Bertz CT molecular complexity index is 803. The van der Waals surface area contributed by atoms with E-state index in [1.54, 1.807) is 0 Å². The number of aliphatic carboxylic acids is 1. The highest BCUT2D eigenvalue weighted by Gasteiger charge is 2.47. The second-order valence-corrected chi connectivity index (χ2v) is 7.54. The first-order valence-corrected chi connectivity index (χ1v) is 9.64. The SMILES string of the molecule is CC(=O)NC(Cc1ccc(O)cc1)C(=O)N(C(=O)C1(N)CCCC1)C(CO)C(=O)O. The van der Waals surface area contributed by atoms with Crippen LogP contribution in [0.2, 0.25) is 0 Å². The van der Waals surface area contributed by atoms with Gasteiger partial charge >= 0.3 is 5.97 Å². The quantitative estimate of drug-likeness (QED) is 0.374. The molecule has 0 aromatic heterocycles. The van der Waals surface area contributed by atoms with E-state index in [1.165, 1.54) is 31.2 Å². The number of amides is 3. The van der Waals surface area contributed by atoms with Crippen molar-refractivity contribution in [2.45, 2.75) is 56.7 Å². The molecule has 2 unspecified atom stereocenters. The standard InChI is InChI=1S/C20H27N3O7/c1-12(25)22-15(10-13-4-6-14(26)7-5-13)17(27)23(16(11-24)18(28)29)19(30)20(21)8-2-3-9-20/h4-7,15-16,24,26H,2-3,8-11,21H2,1H3,(H,22,25)(H,28,29). The summed E-state index contributed by atoms with van der Waals surface area (Å²) in [6, 6.07) is 2.76. The van der Waals surface area contributed by atoms with E-state index >= 15 is 0 Å². The molecule has 0 saturated heterocycles. The average Bonchev–Trinajstić information content (AvgIpc) is 3.13. The summed E-state index contributed by atoms with van der Waals surface area (Å²) in [5.74, 6) is -3.96. The van der Waals surface area contributed by atoms with Gasteiger partial charge in [0.15, 0.2) is 6.04 Å². The smallest absolute Gasteiger partial charge is 0.329 e. The maximum absolute atomic E-state index is 13.3. The number of aliphatic hydroxyl groups excluding tert-OH is 1. The number of aliphatic hydroxyl groups is 1. The van der Waals surface area contributed by atoms with Crippen LogP contribution in [0.1, 0.15) is 38.2 Å². The van der Waals surface area contributed by atoms with Crippen LogP contribution in [0.25, 0.3) is 0 Å². The van der Waals surface area contributed by atoms with Gasteiger partial charge in [0.2, 0.25) is 11.8 Å². The molecule has 2 atom stereocenters. The number of phenolic OH excluding ortho intramolecular Hbond substituents is 1. The van der Waals surface area contributed by atoms with Gasteiger partial charge in [-0.05, 0) is 30.5 Å². The van der Waals surface area contributed by atoms with E-state index in [-0.39, 0.29) is 25.0 Å². The summed E-state index contributed by atoms with van der Waals surface area (Å²) in [4.78, 5) is 50.3. The number of aromatic hydroxyl groups is 1. The van der Waals surface area contributed by atoms with Crippen LogP contribution in [0.5, 0.6) is 5.75 Å². The summed E-state index contributed by atoms with van der Waals surface area (Å²) >= 11 is 0. The molecule has 1 saturated carbocycles. The molecular formula is C20H27N3O7. The average molecular weight is 421 g/mol. The van der Waals surface area contributed by atoms with Crippen LogP contribution in [0, 0.1) is 0 Å². The van der Waals surface area contributed by atoms with Crippen LogP contribution in [0.4, 0.5) is 0 Å². The molecule has 3 amide bonds. The second-order valence-electron chi connectivity index (χ2n) is 7.54. The van der Waals surface area contributed by atoms with E-state index in [1.807, 2.05) is 0 Å². The van der Waals surface area contributed by atoms with Gasteiger partial charge in [0.25, 0.3) is 5.91 Å². The van der Waals surface area contributed by atoms with Crippen LogP contribution >= 0.6 is 0 Å². The van der Waals surface area contributed by atoms with E-state index in [4.69, 9.17) is 5.73 Å². The minimum Gasteiger partial charge on any atom is -0.508 e. The van der Waals surface area contributed by atoms with Crippen molar-refractivity contribution in [2.24, 2.45) is 5.73 Å². The first-order chi connectivity index (χ1) is 14.1. The Balaban J connectivity index is 2.41. The molecule has 0 radical (unpaired) electrons. The Morgan fingerprint density at radius 2 is 1.73 bits per heavy atom. The lowest BCUT2D eigenvalue weighted by atomic mass is 9.95. The fraction of sp³-hybridized carbons (Fsp3) is 0.500. The number of nitrogens with two attached hydrogens (primary N) is 1. The highest BCUT2D eigenvalue weighted by Crippen LogP contribution is 2.30. The monoisotopic (exact) mass is 421 g/mol. The first kappa shape index (κ1) is 23.3. The number of carboxylic acid groups (broad SMARTS) is 1. The highest BCUT2D eigenvalue weighted by atomic mass is 16.4. The van der Waals surface area contributed by atoms with E-state index < -0.39 is 47.9 Å². The molecule has 0 aliphatic heterocycles. The van der Waals surface area contributed by atoms with Crippen molar-refractivity contribution in [3.05, 3.63) is 29.8 Å². The number of phenols is 1. The molecule has 1 fully saturated rings. The Hall–Kier alpha value is -2.98. The molecule has 30 heavy (non-hydrogen) atoms. The van der Waals surface area contributed by atoms with Gasteiger partial charge in [-0.25, -0.2) is 4.79 Å². The van der Waals surface area contributed by atoms with Crippen molar-refractivity contribution in [2.75, 3.05) is 6.61 Å². The molecule has 1 aromatic carbocycles. The third-order valence-corrected chi connectivity index (χ3v) is 5.20. The van der Waals surface area contributed by atoms with Gasteiger partial charge in [0.1, 0.15) is 11.8 Å². The molecule has 10 nitrogen and oxygen atoms in total. The van der Waals surface area contributed by atoms with Crippen LogP contribution in [0.3, 0.4) is 0 Å². The number of rotatable bonds is 8. The molecule has 0 spiro atoms. The minimum absolute atomic E-state index is 0.00971. The summed E-state index contributed by atoms with van der Waals surface area (Å²) in [5.41, 5.74) is 5.33. The normalized spacial score (nSPS) is 17.0. The number of benzene rings is 1. The number of hydrogen-bond donors (Lipinski definition) is 5. The van der Waals surface area contributed by atoms with Crippen molar-refractivity contribution in [1.82, 2.24) is 10.2 Å². The summed E-state index contributed by atoms with van der Waals surface area (Å²) < 4.78 is 0. The maximum Gasteiger partial charge on any atom is 0.329 e. The maximum atomic E-state index is 13.3. The van der Waals surface area contributed by atoms with Crippen molar-refractivity contribution in [1.29, 1.82) is 0 Å². The first-order valence-electron chi connectivity index (χ1n) is 9.64. The molecule has 0 bridgehead atoms. The van der Waals surface area contributed by atoms with Gasteiger partial charge in [0, 0.05) is 13.3 Å². The predicted molar refractivity (Wildman–Crippen MR) is 105 cm³/mol. The van der Waals surface area contributed by atoms with Crippen LogP contribution in [-0.4, -0.2) is 68.1 Å². The van der Waals surface area contributed by atoms with Crippen molar-refractivity contribution < 1.29 is 34.5 Å². The highest BCUT2D eigenvalue weighted by molar-refractivity contribution is 6.05. The zero-order valence-corrected chi connectivity index (χ0v) is 16.7. The zero-order valence-electron chi connectivity index (χ0n) is 16.7. The third kappa shape index (κ3) is 5.33. The van der Waals surface area contributed by atoms with Crippen LogP contribution < -0.4 is 11.1 Å². The Morgan fingerprint density at radius 3 is 2.20 bits per heavy atom. The zero-order chi connectivity index (χ0) is 22.5. The van der Waals surface area contributed by atoms with Gasteiger partial charge in [-0.1, -0.05) is 25.0 Å². The Kier molecular flexibility index (Phi) is 7.52. The topological polar surface area (TPSA) is 170 Å². The van der Waals surface area contributed by atoms with Crippen molar-refractivity contribution >= 4 is 23.7 Å². The molecule has 1 aliphatic rings. The van der Waals surface area contributed by atoms with Gasteiger partial charge < -0.3 is 26.4 Å². The Labute approximate surface area is 173 Å². The molecule has 164 valence electrons. The van der Waals surface area contributed by atoms with Crippen LogP contribution in [-0.2, 0) is 25.6 Å². The molecule has 6 N–H and O–H groups in total. The number of carbonyl (C=O) groups excluding carboxylic acids is 3. The van der Waals surface area contributed by atoms with Crippen molar-refractivity contribution in [3.8, 4) is 5.75 Å². The summed E-state index contributed by atoms with van der Waals surface area (Å²) in [6.45, 7) is 0.195. The fourth-order valence-corrected chi connectivity index (χ4v) is 3.61. The number of carboxylic acids is 1. The van der Waals surface area contributed by atoms with Gasteiger partial charge in [-0.15, -0.1) is 0 Å². The molecule has 1 aromatic rings. The van der Waals surface area contributed by atoms with Gasteiger partial charge in [-0.2, -0.15) is 0 Å². The number of imide groups is 1. The molecule has 10 heteroatoms. The van der Waals surface area contributed by atoms with Crippen LogP contribution in [0.15, 0.2) is 24.3 Å². The molecule has 0 heterocycles. The van der Waals surface area contributed by atoms with E-state index in [9.17, 15) is 34.5 Å². The largest absolute Gasteiger partial charge is 0.508 e. The number of nitrogens with zero attached hydrogens (tertiary/aromatic N) is 1. The fourth-order valence-electron chi connectivity index (χ4n) is 3.61. The van der Waals surface area contributed by atoms with E-state index in [2.05, 4.69) is 5.32 Å². The number of hydrogen-bond acceptors (Lipinski definition) is 7. The Morgan fingerprint density at radius 1 is 1.17 bits per heavy atom. The van der Waals surface area contributed by atoms with E-state index in [0.717, 1.165) is 0 Å². The minimum atomic E-state index is -1.83.